The lowest BCUT2D eigenvalue weighted by atomic mass is 9.65. The third-order valence-electron chi connectivity index (χ3n) is 5.46. The minimum atomic E-state index is -0.605. The van der Waals surface area contributed by atoms with Crippen LogP contribution in [0.15, 0.2) is 54.6 Å². The molecule has 4 heteroatoms. The summed E-state index contributed by atoms with van der Waals surface area (Å²) in [5.74, 6) is -1.40. The van der Waals surface area contributed by atoms with Gasteiger partial charge in [0.2, 0.25) is 0 Å². The Morgan fingerprint density at radius 3 is 2.15 bits per heavy atom. The number of Topliss-reactive ketones (excluding diaryl/α,β-unsaturated/α-hetero) is 3. The van der Waals surface area contributed by atoms with E-state index in [1.165, 1.54) is 0 Å². The van der Waals surface area contributed by atoms with Crippen LogP contribution in [0, 0.1) is 11.8 Å². The van der Waals surface area contributed by atoms with Gasteiger partial charge in [0.1, 0.15) is 5.78 Å². The van der Waals surface area contributed by atoms with Crippen LogP contribution in [0.3, 0.4) is 0 Å². The zero-order chi connectivity index (χ0) is 18.3. The summed E-state index contributed by atoms with van der Waals surface area (Å²) in [5, 5.41) is 0. The number of benzene rings is 2. The van der Waals surface area contributed by atoms with Gasteiger partial charge in [-0.1, -0.05) is 54.6 Å². The van der Waals surface area contributed by atoms with Crippen LogP contribution in [0.5, 0.6) is 0 Å². The van der Waals surface area contributed by atoms with Crippen LogP contribution < -0.4 is 0 Å². The van der Waals surface area contributed by atoms with Crippen LogP contribution in [-0.2, 0) is 9.53 Å². The molecule has 1 fully saturated rings. The first-order valence-electron chi connectivity index (χ1n) is 8.96. The Bertz CT molecular complexity index is 871. The average molecular weight is 348 g/mol. The van der Waals surface area contributed by atoms with Crippen molar-refractivity contribution >= 4 is 17.3 Å². The number of ether oxygens (including phenoxy) is 1. The third kappa shape index (κ3) is 2.80. The molecule has 0 radical (unpaired) electrons. The maximum absolute atomic E-state index is 13.1. The fourth-order valence-electron chi connectivity index (χ4n) is 4.16. The molecular formula is C22H20O4. The lowest BCUT2D eigenvalue weighted by Crippen LogP contribution is -2.49. The van der Waals surface area contributed by atoms with E-state index >= 15 is 0 Å². The molecule has 1 saturated carbocycles. The summed E-state index contributed by atoms with van der Waals surface area (Å²) < 4.78 is 6.16. The molecule has 0 N–H and O–H groups in total. The van der Waals surface area contributed by atoms with Gasteiger partial charge in [0, 0.05) is 29.9 Å². The molecule has 0 unspecified atom stereocenters. The Hall–Kier alpha value is -2.59. The quantitative estimate of drug-likeness (QED) is 0.846. The van der Waals surface area contributed by atoms with E-state index in [2.05, 4.69) is 0 Å². The first kappa shape index (κ1) is 16.9. The molecule has 132 valence electrons. The predicted molar refractivity (Wildman–Crippen MR) is 96.1 cm³/mol. The number of carbonyl (C=O) groups excluding carboxylic acids is 3. The maximum Gasteiger partial charge on any atom is 0.170 e. The molecule has 0 bridgehead atoms. The molecule has 26 heavy (non-hydrogen) atoms. The van der Waals surface area contributed by atoms with Crippen molar-refractivity contribution in [1.82, 2.24) is 0 Å². The van der Waals surface area contributed by atoms with Gasteiger partial charge >= 0.3 is 0 Å². The summed E-state index contributed by atoms with van der Waals surface area (Å²) in [6.07, 6.45) is -0.517. The van der Waals surface area contributed by atoms with Crippen LogP contribution in [0.4, 0.5) is 0 Å². The molecule has 4 atom stereocenters. The van der Waals surface area contributed by atoms with Crippen LogP contribution in [0.2, 0.25) is 0 Å². The van der Waals surface area contributed by atoms with E-state index in [0.717, 1.165) is 5.56 Å². The van der Waals surface area contributed by atoms with E-state index in [1.54, 1.807) is 24.3 Å². The van der Waals surface area contributed by atoms with E-state index in [1.807, 2.05) is 37.3 Å². The largest absolute Gasteiger partial charge is 0.369 e. The highest BCUT2D eigenvalue weighted by atomic mass is 16.5. The highest BCUT2D eigenvalue weighted by Gasteiger charge is 2.50. The number of rotatable bonds is 3. The monoisotopic (exact) mass is 348 g/mol. The van der Waals surface area contributed by atoms with Crippen LogP contribution in [0.1, 0.15) is 52.1 Å². The normalized spacial score (nSPS) is 26.2. The zero-order valence-corrected chi connectivity index (χ0v) is 14.6. The van der Waals surface area contributed by atoms with Gasteiger partial charge in [0.25, 0.3) is 0 Å². The second-order valence-electron chi connectivity index (χ2n) is 7.08. The van der Waals surface area contributed by atoms with Gasteiger partial charge in [-0.05, 0) is 12.5 Å². The molecule has 0 saturated heterocycles. The van der Waals surface area contributed by atoms with E-state index in [0.29, 0.717) is 11.1 Å². The summed E-state index contributed by atoms with van der Waals surface area (Å²) in [6.45, 7) is 1.91. The molecule has 2 aliphatic carbocycles. The van der Waals surface area contributed by atoms with Crippen molar-refractivity contribution in [1.29, 1.82) is 0 Å². The molecule has 0 aliphatic heterocycles. The number of ketones is 3. The minimum absolute atomic E-state index is 0.0166. The van der Waals surface area contributed by atoms with Gasteiger partial charge in [-0.15, -0.1) is 0 Å². The molecule has 0 spiro atoms. The van der Waals surface area contributed by atoms with Crippen molar-refractivity contribution < 1.29 is 19.1 Å². The van der Waals surface area contributed by atoms with E-state index in [4.69, 9.17) is 4.74 Å². The van der Waals surface area contributed by atoms with E-state index < -0.39 is 17.9 Å². The van der Waals surface area contributed by atoms with Gasteiger partial charge in [-0.3, -0.25) is 14.4 Å². The summed E-state index contributed by atoms with van der Waals surface area (Å²) in [5.41, 5.74) is 1.87. The van der Waals surface area contributed by atoms with Gasteiger partial charge in [-0.2, -0.15) is 0 Å². The Balaban J connectivity index is 1.67. The Kier molecular flexibility index (Phi) is 4.29. The second kappa shape index (κ2) is 6.61. The third-order valence-corrected chi connectivity index (χ3v) is 5.46. The van der Waals surface area contributed by atoms with E-state index in [-0.39, 0.29) is 36.3 Å². The molecule has 0 aromatic heterocycles. The highest BCUT2D eigenvalue weighted by Crippen LogP contribution is 2.41. The number of hydrogen-bond acceptors (Lipinski definition) is 4. The summed E-state index contributed by atoms with van der Waals surface area (Å²) in [4.78, 5) is 38.2. The Labute approximate surface area is 152 Å². The van der Waals surface area contributed by atoms with Gasteiger partial charge in [0.15, 0.2) is 11.6 Å². The summed E-state index contributed by atoms with van der Waals surface area (Å²) in [7, 11) is 0. The molecular weight excluding hydrogens is 328 g/mol. The number of carbonyl (C=O) groups is 3. The smallest absolute Gasteiger partial charge is 0.170 e. The topological polar surface area (TPSA) is 60.4 Å². The summed E-state index contributed by atoms with van der Waals surface area (Å²) in [6, 6.07) is 16.6. The average Bonchev–Trinajstić information content (AvgIpc) is 2.66. The molecule has 4 nitrogen and oxygen atoms in total. The Morgan fingerprint density at radius 2 is 1.46 bits per heavy atom. The van der Waals surface area contributed by atoms with Crippen molar-refractivity contribution in [2.45, 2.75) is 32.0 Å². The second-order valence-corrected chi connectivity index (χ2v) is 7.08. The van der Waals surface area contributed by atoms with Gasteiger partial charge < -0.3 is 4.74 Å². The highest BCUT2D eigenvalue weighted by molar-refractivity contribution is 6.17. The molecule has 0 amide bonds. The minimum Gasteiger partial charge on any atom is -0.369 e. The lowest BCUT2D eigenvalue weighted by Gasteiger charge is -2.39. The van der Waals surface area contributed by atoms with Crippen LogP contribution in [-0.4, -0.2) is 23.5 Å². The number of fused-ring (bicyclic) bond motifs is 2. The van der Waals surface area contributed by atoms with Crippen molar-refractivity contribution in [2.24, 2.45) is 11.8 Å². The van der Waals surface area contributed by atoms with Crippen molar-refractivity contribution in [2.75, 3.05) is 0 Å². The Morgan fingerprint density at radius 1 is 0.846 bits per heavy atom. The maximum atomic E-state index is 13.1. The standard InChI is InChI=1S/C22H20O4/c1-13(14-7-3-2-4-8-14)26-19-12-15(23)11-18-20(19)22(25)17-10-6-5-9-16(17)21(18)24/h2-10,13,18-20H,11-12H2,1H3/t13-,18-,19+,20-/m1/s1. The van der Waals surface area contributed by atoms with Crippen molar-refractivity contribution in [3.8, 4) is 0 Å². The SMILES string of the molecule is C[C@@H](O[C@H]1CC(=O)C[C@H]2C(=O)c3ccccc3C(=O)[C@@H]12)c1ccccc1. The fourth-order valence-corrected chi connectivity index (χ4v) is 4.16. The predicted octanol–water partition coefficient (Wildman–Crippen LogP) is 3.81. The molecule has 4 rings (SSSR count). The summed E-state index contributed by atoms with van der Waals surface area (Å²) >= 11 is 0. The lowest BCUT2D eigenvalue weighted by molar-refractivity contribution is -0.131. The van der Waals surface area contributed by atoms with Crippen molar-refractivity contribution in [3.63, 3.8) is 0 Å². The van der Waals surface area contributed by atoms with E-state index in [9.17, 15) is 14.4 Å². The fraction of sp³-hybridized carbons (Fsp3) is 0.318. The zero-order valence-electron chi connectivity index (χ0n) is 14.6. The number of hydrogen-bond donors (Lipinski definition) is 0. The molecule has 0 heterocycles. The van der Waals surface area contributed by atoms with Crippen LogP contribution in [0.25, 0.3) is 0 Å². The first-order valence-corrected chi connectivity index (χ1v) is 8.96. The molecule has 2 aromatic carbocycles. The van der Waals surface area contributed by atoms with Crippen LogP contribution >= 0.6 is 0 Å². The molecule has 2 aliphatic rings. The molecule has 2 aromatic rings. The van der Waals surface area contributed by atoms with Crippen molar-refractivity contribution in [3.05, 3.63) is 71.3 Å². The van der Waals surface area contributed by atoms with Gasteiger partial charge in [-0.25, -0.2) is 0 Å². The first-order chi connectivity index (χ1) is 12.6. The van der Waals surface area contributed by atoms with Gasteiger partial charge in [0.05, 0.1) is 18.1 Å².